The van der Waals surface area contributed by atoms with Crippen molar-refractivity contribution in [2.75, 3.05) is 5.32 Å². The number of para-hydroxylation sites is 1. The van der Waals surface area contributed by atoms with Crippen molar-refractivity contribution >= 4 is 15.5 Å². The van der Waals surface area contributed by atoms with E-state index in [0.29, 0.717) is 5.92 Å². The lowest BCUT2D eigenvalue weighted by molar-refractivity contribution is 0.235. The zero-order chi connectivity index (χ0) is 14.3. The molecule has 1 aliphatic carbocycles. The fraction of sp³-hybridized carbons (Fsp3) is 0.538. The van der Waals surface area contributed by atoms with Gasteiger partial charge in [0, 0.05) is 5.54 Å². The van der Waals surface area contributed by atoms with Crippen molar-refractivity contribution in [1.29, 1.82) is 0 Å². The molecule has 1 aromatic rings. The summed E-state index contributed by atoms with van der Waals surface area (Å²) in [5.74, 6) is -2.95. The predicted octanol–water partition coefficient (Wildman–Crippen LogP) is 3.28. The second kappa shape index (κ2) is 4.74. The highest BCUT2D eigenvalue weighted by molar-refractivity contribution is 7.91. The average Bonchev–Trinajstić information content (AvgIpc) is 3.12. The van der Waals surface area contributed by atoms with Crippen LogP contribution in [-0.2, 0) is 9.84 Å². The summed E-state index contributed by atoms with van der Waals surface area (Å²) in [5, 5.41) is 3.10. The summed E-state index contributed by atoms with van der Waals surface area (Å²) in [5.41, 5.74) is -0.0481. The van der Waals surface area contributed by atoms with Crippen LogP contribution in [0.1, 0.15) is 26.7 Å². The second-order valence-electron chi connectivity index (χ2n) is 5.42. The molecule has 19 heavy (non-hydrogen) atoms. The van der Waals surface area contributed by atoms with E-state index < -0.39 is 15.6 Å². The third-order valence-corrected chi connectivity index (χ3v) is 4.92. The average molecular weight is 289 g/mol. The Morgan fingerprint density at radius 1 is 1.26 bits per heavy atom. The number of benzene rings is 1. The zero-order valence-corrected chi connectivity index (χ0v) is 11.7. The molecule has 1 fully saturated rings. The molecule has 1 aliphatic rings. The van der Waals surface area contributed by atoms with Gasteiger partial charge in [0.2, 0.25) is 9.84 Å². The summed E-state index contributed by atoms with van der Waals surface area (Å²) in [4.78, 5) is -0.335. The fourth-order valence-electron chi connectivity index (χ4n) is 2.17. The molecule has 0 saturated heterocycles. The zero-order valence-electron chi connectivity index (χ0n) is 10.9. The van der Waals surface area contributed by atoms with Gasteiger partial charge >= 0.3 is 5.76 Å². The fourth-order valence-corrected chi connectivity index (χ4v) is 3.05. The quantitative estimate of drug-likeness (QED) is 0.904. The third-order valence-electron chi connectivity index (χ3n) is 3.48. The van der Waals surface area contributed by atoms with Gasteiger partial charge in [0.1, 0.15) is 0 Å². The number of halogens is 2. The van der Waals surface area contributed by atoms with Gasteiger partial charge in [-0.25, -0.2) is 8.42 Å². The smallest absolute Gasteiger partial charge is 0.341 e. The molecular weight excluding hydrogens is 272 g/mol. The van der Waals surface area contributed by atoms with E-state index in [4.69, 9.17) is 0 Å². The van der Waals surface area contributed by atoms with E-state index in [2.05, 4.69) is 5.32 Å². The van der Waals surface area contributed by atoms with Gasteiger partial charge in [-0.05, 0) is 44.7 Å². The molecule has 0 radical (unpaired) electrons. The maximum atomic E-state index is 12.7. The van der Waals surface area contributed by atoms with Crippen LogP contribution in [0.15, 0.2) is 29.2 Å². The van der Waals surface area contributed by atoms with E-state index in [-0.39, 0.29) is 16.1 Å². The molecule has 106 valence electrons. The summed E-state index contributed by atoms with van der Waals surface area (Å²) in [6.07, 6.45) is 2.15. The Morgan fingerprint density at radius 3 is 2.37 bits per heavy atom. The molecule has 0 spiro atoms. The van der Waals surface area contributed by atoms with Crippen molar-refractivity contribution in [2.24, 2.45) is 5.92 Å². The summed E-state index contributed by atoms with van der Waals surface area (Å²) < 4.78 is 48.6. The van der Waals surface area contributed by atoms with Crippen molar-refractivity contribution in [3.63, 3.8) is 0 Å². The van der Waals surface area contributed by atoms with Crippen LogP contribution in [0.3, 0.4) is 0 Å². The lowest BCUT2D eigenvalue weighted by Crippen LogP contribution is -2.34. The summed E-state index contributed by atoms with van der Waals surface area (Å²) >= 11 is 0. The Hall–Kier alpha value is -1.17. The van der Waals surface area contributed by atoms with E-state index in [9.17, 15) is 17.2 Å². The van der Waals surface area contributed by atoms with E-state index in [0.717, 1.165) is 12.8 Å². The van der Waals surface area contributed by atoms with Crippen molar-refractivity contribution in [3.05, 3.63) is 24.3 Å². The van der Waals surface area contributed by atoms with Crippen LogP contribution in [0, 0.1) is 5.92 Å². The molecule has 0 aromatic heterocycles. The van der Waals surface area contributed by atoms with E-state index in [1.54, 1.807) is 6.07 Å². The largest absolute Gasteiger partial charge is 0.379 e. The monoisotopic (exact) mass is 289 g/mol. The molecule has 0 heterocycles. The minimum Gasteiger partial charge on any atom is -0.379 e. The lowest BCUT2D eigenvalue weighted by Gasteiger charge is -2.28. The Bertz CT molecular complexity index is 566. The van der Waals surface area contributed by atoms with Gasteiger partial charge in [-0.1, -0.05) is 12.1 Å². The molecule has 0 atom stereocenters. The highest BCUT2D eigenvalue weighted by Crippen LogP contribution is 2.42. The molecule has 3 nitrogen and oxygen atoms in total. The number of sulfone groups is 1. The number of anilines is 1. The lowest BCUT2D eigenvalue weighted by atomic mass is 9.98. The number of nitrogens with one attached hydrogen (secondary N) is 1. The molecule has 6 heteroatoms. The first-order valence-electron chi connectivity index (χ1n) is 6.14. The SMILES string of the molecule is CC(C)(Nc1ccccc1S(=O)(=O)C(F)F)C1CC1. The third kappa shape index (κ3) is 2.88. The Labute approximate surface area is 111 Å². The molecular formula is C13H17F2NO2S. The summed E-state index contributed by atoms with van der Waals surface area (Å²) in [6.45, 7) is 3.91. The van der Waals surface area contributed by atoms with Gasteiger partial charge in [-0.2, -0.15) is 8.78 Å². The topological polar surface area (TPSA) is 46.2 Å². The van der Waals surface area contributed by atoms with Crippen LogP contribution < -0.4 is 5.32 Å². The van der Waals surface area contributed by atoms with Crippen molar-refractivity contribution in [1.82, 2.24) is 0 Å². The van der Waals surface area contributed by atoms with E-state index in [1.807, 2.05) is 13.8 Å². The van der Waals surface area contributed by atoms with Crippen LogP contribution in [0.25, 0.3) is 0 Å². The normalized spacial score (nSPS) is 16.7. The summed E-state index contributed by atoms with van der Waals surface area (Å²) in [6, 6.07) is 5.83. The molecule has 0 unspecified atom stereocenters. The Kier molecular flexibility index (Phi) is 3.55. The van der Waals surface area contributed by atoms with Crippen LogP contribution in [0.2, 0.25) is 0 Å². The Morgan fingerprint density at radius 2 is 1.84 bits per heavy atom. The van der Waals surface area contributed by atoms with Gasteiger partial charge < -0.3 is 5.32 Å². The number of rotatable bonds is 5. The minimum absolute atomic E-state index is 0.250. The molecule has 1 aromatic carbocycles. The first kappa shape index (κ1) is 14.2. The number of alkyl halides is 2. The van der Waals surface area contributed by atoms with E-state index >= 15 is 0 Å². The number of hydrogen-bond donors (Lipinski definition) is 1. The van der Waals surface area contributed by atoms with Gasteiger partial charge in [-0.15, -0.1) is 0 Å². The van der Waals surface area contributed by atoms with Crippen molar-refractivity contribution in [3.8, 4) is 0 Å². The summed E-state index contributed by atoms with van der Waals surface area (Å²) in [7, 11) is -4.58. The minimum atomic E-state index is -4.58. The van der Waals surface area contributed by atoms with E-state index in [1.165, 1.54) is 18.2 Å². The van der Waals surface area contributed by atoms with Gasteiger partial charge in [-0.3, -0.25) is 0 Å². The predicted molar refractivity (Wildman–Crippen MR) is 70.1 cm³/mol. The maximum absolute atomic E-state index is 12.7. The maximum Gasteiger partial charge on any atom is 0.341 e. The molecule has 1 N–H and O–H groups in total. The van der Waals surface area contributed by atoms with Gasteiger partial charge in [0.25, 0.3) is 0 Å². The van der Waals surface area contributed by atoms with Crippen LogP contribution >= 0.6 is 0 Å². The Balaban J connectivity index is 2.37. The van der Waals surface area contributed by atoms with Crippen LogP contribution in [-0.4, -0.2) is 19.7 Å². The van der Waals surface area contributed by atoms with Crippen molar-refractivity contribution < 1.29 is 17.2 Å². The highest BCUT2D eigenvalue weighted by Gasteiger charge is 2.39. The first-order chi connectivity index (χ1) is 8.75. The molecule has 0 bridgehead atoms. The van der Waals surface area contributed by atoms with Gasteiger partial charge in [0.05, 0.1) is 10.6 Å². The van der Waals surface area contributed by atoms with Crippen molar-refractivity contribution in [2.45, 2.75) is 42.9 Å². The van der Waals surface area contributed by atoms with Crippen LogP contribution in [0.5, 0.6) is 0 Å². The standard InChI is InChI=1S/C13H17F2NO2S/c1-13(2,9-7-8-9)16-10-5-3-4-6-11(10)19(17,18)12(14)15/h3-6,9,12,16H,7-8H2,1-2H3. The second-order valence-corrected chi connectivity index (χ2v) is 7.31. The molecule has 0 amide bonds. The van der Waals surface area contributed by atoms with Crippen LogP contribution in [0.4, 0.5) is 14.5 Å². The highest BCUT2D eigenvalue weighted by atomic mass is 32.2. The molecule has 1 saturated carbocycles. The molecule has 0 aliphatic heterocycles. The molecule has 2 rings (SSSR count). The number of hydrogen-bond acceptors (Lipinski definition) is 3. The van der Waals surface area contributed by atoms with Gasteiger partial charge in [0.15, 0.2) is 0 Å². The first-order valence-corrected chi connectivity index (χ1v) is 7.69.